The first-order chi connectivity index (χ1) is 26.5. The van der Waals surface area contributed by atoms with Gasteiger partial charge in [0, 0.05) is 103 Å². The van der Waals surface area contributed by atoms with Gasteiger partial charge in [0.25, 0.3) is 0 Å². The van der Waals surface area contributed by atoms with E-state index in [1.165, 1.54) is 12.0 Å². The Morgan fingerprint density at radius 3 is 2.53 bits per heavy atom. The fourth-order valence-electron chi connectivity index (χ4n) is 7.90. The Balaban J connectivity index is 1.05. The zero-order chi connectivity index (χ0) is 38.4. The minimum Gasteiger partial charge on any atom is -0.493 e. The summed E-state index contributed by atoms with van der Waals surface area (Å²) in [6, 6.07) is 12.5. The van der Waals surface area contributed by atoms with Gasteiger partial charge in [-0.05, 0) is 30.7 Å². The molecule has 1 aromatic carbocycles. The molecule has 3 aliphatic rings. The van der Waals surface area contributed by atoms with Crippen molar-refractivity contribution in [2.24, 2.45) is 5.41 Å². The first-order valence-electron chi connectivity index (χ1n) is 17.8. The van der Waals surface area contributed by atoms with E-state index >= 15 is 0 Å². The molecule has 3 aliphatic heterocycles. The second kappa shape index (κ2) is 14.7. The lowest BCUT2D eigenvalue weighted by Gasteiger charge is -2.46. The summed E-state index contributed by atoms with van der Waals surface area (Å²) < 4.78 is 13.3. The number of hydrogen-bond acceptors (Lipinski definition) is 9. The number of fused-ring (bicyclic) bond motifs is 1. The molecular weight excluding hydrogens is 747 g/mol. The molecule has 1 spiro atoms. The molecule has 55 heavy (non-hydrogen) atoms. The maximum Gasteiger partial charge on any atom is 0.407 e. The maximum atomic E-state index is 12.1. The van der Waals surface area contributed by atoms with E-state index < -0.39 is 6.09 Å². The van der Waals surface area contributed by atoms with Crippen LogP contribution in [0.1, 0.15) is 30.5 Å². The third-order valence-corrected chi connectivity index (χ3v) is 11.3. The van der Waals surface area contributed by atoms with Crippen LogP contribution < -0.4 is 20.1 Å². The van der Waals surface area contributed by atoms with Gasteiger partial charge in [0.15, 0.2) is 11.4 Å². The van der Waals surface area contributed by atoms with Crippen molar-refractivity contribution in [1.82, 2.24) is 39.8 Å². The van der Waals surface area contributed by atoms with Crippen LogP contribution in [0.2, 0.25) is 10.0 Å². The molecule has 0 unspecified atom stereocenters. The molecule has 4 aromatic heterocycles. The lowest BCUT2D eigenvalue weighted by atomic mass is 9.79. The highest BCUT2D eigenvalue weighted by molar-refractivity contribution is 6.39. The maximum absolute atomic E-state index is 12.1. The molecule has 14 nitrogen and oxygen atoms in total. The zero-order valence-electron chi connectivity index (χ0n) is 30.1. The predicted molar refractivity (Wildman–Crippen MR) is 205 cm³/mol. The third kappa shape index (κ3) is 7.12. The molecule has 16 heteroatoms. The molecule has 0 aliphatic carbocycles. The van der Waals surface area contributed by atoms with Gasteiger partial charge < -0.3 is 34.5 Å². The molecule has 5 aromatic rings. The lowest BCUT2D eigenvalue weighted by Crippen LogP contribution is -2.56. The smallest absolute Gasteiger partial charge is 0.407 e. The average molecular weight is 786 g/mol. The lowest BCUT2D eigenvalue weighted by molar-refractivity contribution is -0.121. The van der Waals surface area contributed by atoms with Gasteiger partial charge in [0.2, 0.25) is 17.7 Å². The number of carboxylic acid groups (broad SMARTS) is 1. The largest absolute Gasteiger partial charge is 0.493 e. The summed E-state index contributed by atoms with van der Waals surface area (Å²) in [6.45, 7) is 3.26. The van der Waals surface area contributed by atoms with E-state index in [2.05, 4.69) is 20.5 Å². The van der Waals surface area contributed by atoms with Crippen molar-refractivity contribution in [3.8, 4) is 45.3 Å². The predicted octanol–water partition coefficient (Wildman–Crippen LogP) is 5.53. The Morgan fingerprint density at radius 2 is 1.82 bits per heavy atom. The number of rotatable bonds is 11. The van der Waals surface area contributed by atoms with E-state index in [-0.39, 0.29) is 42.2 Å². The van der Waals surface area contributed by atoms with Crippen LogP contribution in [-0.4, -0.2) is 98.6 Å². The van der Waals surface area contributed by atoms with E-state index in [0.29, 0.717) is 80.9 Å². The molecule has 3 N–H and O–H groups in total. The summed E-state index contributed by atoms with van der Waals surface area (Å²) >= 11 is 14.3. The normalized spacial score (nSPS) is 17.6. The summed E-state index contributed by atoms with van der Waals surface area (Å²) in [5.41, 5.74) is 5.89. The number of carbonyl (C=O) groups is 3. The number of nitrogens with zero attached hydrogens (tertiary/aromatic N) is 6. The van der Waals surface area contributed by atoms with Crippen LogP contribution in [0.4, 0.5) is 4.79 Å². The van der Waals surface area contributed by atoms with Crippen molar-refractivity contribution in [2.75, 3.05) is 40.4 Å². The number of carbonyl (C=O) groups excluding carboxylic acids is 2. The fourth-order valence-corrected chi connectivity index (χ4v) is 8.54. The fraction of sp³-hybridized carbons (Fsp3) is 0.333. The Hall–Kier alpha value is -5.44. The number of benzene rings is 1. The van der Waals surface area contributed by atoms with Gasteiger partial charge in [-0.25, -0.2) is 14.8 Å². The molecular formula is C39H38Cl2N8O6. The van der Waals surface area contributed by atoms with Crippen molar-refractivity contribution in [3.05, 3.63) is 82.4 Å². The second-order valence-electron chi connectivity index (χ2n) is 14.4. The van der Waals surface area contributed by atoms with E-state index in [0.717, 1.165) is 30.9 Å². The summed E-state index contributed by atoms with van der Waals surface area (Å²) in [5, 5.41) is 16.5. The van der Waals surface area contributed by atoms with Crippen molar-refractivity contribution >= 4 is 46.8 Å². The van der Waals surface area contributed by atoms with Gasteiger partial charge >= 0.3 is 6.09 Å². The number of halogens is 2. The van der Waals surface area contributed by atoms with E-state index in [4.69, 9.17) is 42.6 Å². The molecule has 284 valence electrons. The first kappa shape index (κ1) is 36.5. The number of nitrogens with one attached hydrogen (secondary N) is 2. The molecule has 0 bridgehead atoms. The summed E-state index contributed by atoms with van der Waals surface area (Å²) in [4.78, 5) is 53.3. The Morgan fingerprint density at radius 1 is 1.02 bits per heavy atom. The third-order valence-electron chi connectivity index (χ3n) is 10.5. The van der Waals surface area contributed by atoms with Crippen LogP contribution in [0.5, 0.6) is 11.6 Å². The molecule has 0 saturated carbocycles. The molecule has 8 rings (SSSR count). The topological polar surface area (TPSA) is 164 Å². The Bertz CT molecular complexity index is 2350. The summed E-state index contributed by atoms with van der Waals surface area (Å²) in [7, 11) is 3.08. The van der Waals surface area contributed by atoms with E-state index in [1.54, 1.807) is 31.5 Å². The standard InChI is InChI=1S/C39H38Cl2N8O6/c1-54-30-12-23(15-48-18-25(45-36(30)48)16-47-20-39(21-47)13-32(51)43-19-39)35-34(41)27(10-11-42-35)26-4-3-5-28(33(26)40)29-8-6-22(37(46-29)55-2)14-49(38(52)53)17-24-7-9-31(50)44-24/h3-6,8,10-12,15,18,24H,7,9,13-14,16-17,19-21H2,1-2H3,(H,43,51)(H,44,50)(H,52,53)/t24-/m0/s1. The van der Waals surface area contributed by atoms with Crippen molar-refractivity contribution in [1.29, 1.82) is 0 Å². The number of methoxy groups -OCH3 is 2. The van der Waals surface area contributed by atoms with Crippen molar-refractivity contribution < 1.29 is 29.0 Å². The van der Waals surface area contributed by atoms with Crippen LogP contribution in [0.15, 0.2) is 61.1 Å². The Labute approximate surface area is 326 Å². The molecule has 3 saturated heterocycles. The first-order valence-corrected chi connectivity index (χ1v) is 18.6. The molecule has 3 fully saturated rings. The number of hydrogen-bond donors (Lipinski definition) is 3. The van der Waals surface area contributed by atoms with Crippen LogP contribution in [0.25, 0.3) is 39.3 Å². The number of ether oxygens (including phenoxy) is 2. The SMILES string of the molecule is COc1nc(-c2cccc(-c3ccnc(-c4cc(OC)c5nc(CN6CC7(CNC(=O)C7)C6)cn5c4)c3Cl)c2Cl)ccc1CN(C[C@@H]1CCC(=O)N1)C(=O)O. The van der Waals surface area contributed by atoms with Gasteiger partial charge in [0.05, 0.1) is 47.9 Å². The average Bonchev–Trinajstić information content (AvgIpc) is 3.89. The van der Waals surface area contributed by atoms with Crippen molar-refractivity contribution in [3.63, 3.8) is 0 Å². The quantitative estimate of drug-likeness (QED) is 0.155. The highest BCUT2D eigenvalue weighted by Gasteiger charge is 2.48. The molecule has 1 atom stereocenters. The zero-order valence-corrected chi connectivity index (χ0v) is 31.7. The van der Waals surface area contributed by atoms with E-state index in [9.17, 15) is 19.5 Å². The van der Waals surface area contributed by atoms with Gasteiger partial charge in [0.1, 0.15) is 0 Å². The Kier molecular flexibility index (Phi) is 9.74. The molecule has 0 radical (unpaired) electrons. The van der Waals surface area contributed by atoms with E-state index in [1.807, 2.05) is 41.1 Å². The second-order valence-corrected chi connectivity index (χ2v) is 15.1. The number of aromatic nitrogens is 4. The number of pyridine rings is 3. The number of likely N-dealkylation sites (tertiary alicyclic amines) is 1. The minimum atomic E-state index is -1.11. The number of imidazole rings is 1. The molecule has 3 amide bonds. The monoisotopic (exact) mass is 784 g/mol. The summed E-state index contributed by atoms with van der Waals surface area (Å²) in [6.07, 6.45) is 6.00. The highest BCUT2D eigenvalue weighted by atomic mass is 35.5. The molecule has 7 heterocycles. The van der Waals surface area contributed by atoms with Gasteiger partial charge in [-0.15, -0.1) is 0 Å². The minimum absolute atomic E-state index is 0.0262. The summed E-state index contributed by atoms with van der Waals surface area (Å²) in [5.74, 6) is 0.866. The van der Waals surface area contributed by atoms with Crippen LogP contribution in [0, 0.1) is 5.41 Å². The van der Waals surface area contributed by atoms with Crippen LogP contribution >= 0.6 is 23.2 Å². The van der Waals surface area contributed by atoms with Crippen molar-refractivity contribution in [2.45, 2.75) is 38.4 Å². The highest BCUT2D eigenvalue weighted by Crippen LogP contribution is 2.43. The van der Waals surface area contributed by atoms with Crippen LogP contribution in [-0.2, 0) is 22.7 Å². The van der Waals surface area contributed by atoms with Gasteiger partial charge in [-0.3, -0.25) is 19.5 Å². The van der Waals surface area contributed by atoms with Gasteiger partial charge in [-0.1, -0.05) is 41.4 Å². The number of amides is 3. The van der Waals surface area contributed by atoms with Gasteiger partial charge in [-0.2, -0.15) is 0 Å². The van der Waals surface area contributed by atoms with Crippen LogP contribution in [0.3, 0.4) is 0 Å².